The Bertz CT molecular complexity index is 766. The van der Waals surface area contributed by atoms with Gasteiger partial charge in [-0.2, -0.15) is 0 Å². The van der Waals surface area contributed by atoms with E-state index in [2.05, 4.69) is 10.1 Å². The summed E-state index contributed by atoms with van der Waals surface area (Å²) in [4.78, 5) is 13.5. The largest absolute Gasteiger partial charge is 0.573 e. The average molecular weight is 382 g/mol. The Morgan fingerprint density at radius 1 is 1.04 bits per heavy atom. The van der Waals surface area contributed by atoms with Crippen LogP contribution in [0, 0.1) is 0 Å². The summed E-state index contributed by atoms with van der Waals surface area (Å²) in [5.74, 6) is 0.414. The molecule has 0 unspecified atom stereocenters. The predicted octanol–water partition coefficient (Wildman–Crippen LogP) is 3.98. The van der Waals surface area contributed by atoms with E-state index in [0.29, 0.717) is 13.0 Å². The number of rotatable bonds is 7. The van der Waals surface area contributed by atoms with Crippen molar-refractivity contribution < 1.29 is 27.4 Å². The van der Waals surface area contributed by atoms with Gasteiger partial charge in [-0.15, -0.1) is 13.2 Å². The van der Waals surface area contributed by atoms with Gasteiger partial charge >= 0.3 is 12.4 Å². The Kier molecular flexibility index (Phi) is 6.92. The highest BCUT2D eigenvalue weighted by atomic mass is 19.4. The van der Waals surface area contributed by atoms with Crippen molar-refractivity contribution in [1.82, 2.24) is 10.2 Å². The van der Waals surface area contributed by atoms with E-state index in [1.807, 2.05) is 24.3 Å². The van der Waals surface area contributed by atoms with Crippen LogP contribution in [0.5, 0.6) is 11.5 Å². The number of nitrogens with zero attached hydrogens (tertiary/aromatic N) is 1. The second kappa shape index (κ2) is 9.16. The van der Waals surface area contributed by atoms with E-state index in [1.165, 1.54) is 30.1 Å². The van der Waals surface area contributed by atoms with Crippen molar-refractivity contribution >= 4 is 6.03 Å². The molecule has 0 aliphatic carbocycles. The molecule has 2 rings (SSSR count). The lowest BCUT2D eigenvalue weighted by Gasteiger charge is -2.20. The predicted molar refractivity (Wildman–Crippen MR) is 94.7 cm³/mol. The molecule has 0 spiro atoms. The standard InChI is InChI=1S/C19H21F3N2O3/c1-24(13-15-8-4-6-10-17(15)27-19(20,21)22)18(25)23-12-11-14-7-3-5-9-16(14)26-2/h3-10H,11-13H2,1-2H3,(H,23,25). The van der Waals surface area contributed by atoms with Gasteiger partial charge in [-0.25, -0.2) is 4.79 Å². The first kappa shape index (κ1) is 20.4. The number of nitrogens with one attached hydrogen (secondary N) is 1. The molecule has 2 amide bonds. The van der Waals surface area contributed by atoms with Gasteiger partial charge in [-0.1, -0.05) is 36.4 Å². The molecule has 27 heavy (non-hydrogen) atoms. The molecule has 0 aromatic heterocycles. The second-order valence-electron chi connectivity index (χ2n) is 5.81. The molecule has 5 nitrogen and oxygen atoms in total. The van der Waals surface area contributed by atoms with Crippen LogP contribution < -0.4 is 14.8 Å². The van der Waals surface area contributed by atoms with Crippen LogP contribution in [0.3, 0.4) is 0 Å². The van der Waals surface area contributed by atoms with Gasteiger partial charge in [0, 0.05) is 19.2 Å². The summed E-state index contributed by atoms with van der Waals surface area (Å²) < 4.78 is 46.7. The van der Waals surface area contributed by atoms with Crippen molar-refractivity contribution in [3.63, 3.8) is 0 Å². The lowest BCUT2D eigenvalue weighted by molar-refractivity contribution is -0.275. The van der Waals surface area contributed by atoms with Crippen molar-refractivity contribution in [2.45, 2.75) is 19.3 Å². The van der Waals surface area contributed by atoms with Crippen LogP contribution in [0.1, 0.15) is 11.1 Å². The van der Waals surface area contributed by atoms with Crippen LogP contribution in [0.25, 0.3) is 0 Å². The lowest BCUT2D eigenvalue weighted by Crippen LogP contribution is -2.38. The summed E-state index contributed by atoms with van der Waals surface area (Å²) in [6.45, 7) is 0.344. The lowest BCUT2D eigenvalue weighted by atomic mass is 10.1. The minimum atomic E-state index is -4.79. The monoisotopic (exact) mass is 382 g/mol. The highest BCUT2D eigenvalue weighted by molar-refractivity contribution is 5.74. The Labute approximate surface area is 155 Å². The van der Waals surface area contributed by atoms with E-state index < -0.39 is 12.4 Å². The molecule has 0 aliphatic rings. The quantitative estimate of drug-likeness (QED) is 0.788. The van der Waals surface area contributed by atoms with Gasteiger partial charge in [0.15, 0.2) is 0 Å². The molecule has 2 aromatic carbocycles. The minimum Gasteiger partial charge on any atom is -0.496 e. The molecule has 0 aliphatic heterocycles. The van der Waals surface area contributed by atoms with Crippen LogP contribution in [-0.2, 0) is 13.0 Å². The highest BCUT2D eigenvalue weighted by Crippen LogP contribution is 2.27. The molecule has 2 aromatic rings. The zero-order valence-corrected chi connectivity index (χ0v) is 15.0. The Morgan fingerprint density at radius 3 is 2.26 bits per heavy atom. The third-order valence-corrected chi connectivity index (χ3v) is 3.82. The minimum absolute atomic E-state index is 0.0211. The molecule has 1 N–H and O–H groups in total. The molecule has 0 radical (unpaired) electrons. The number of carbonyl (C=O) groups excluding carboxylic acids is 1. The number of ether oxygens (including phenoxy) is 2. The van der Waals surface area contributed by atoms with E-state index in [4.69, 9.17) is 4.74 Å². The Morgan fingerprint density at radius 2 is 1.63 bits per heavy atom. The number of para-hydroxylation sites is 2. The first-order chi connectivity index (χ1) is 12.8. The molecule has 0 saturated carbocycles. The van der Waals surface area contributed by atoms with Gasteiger partial charge in [0.25, 0.3) is 0 Å². The second-order valence-corrected chi connectivity index (χ2v) is 5.81. The Balaban J connectivity index is 1.91. The van der Waals surface area contributed by atoms with Crippen molar-refractivity contribution in [2.24, 2.45) is 0 Å². The van der Waals surface area contributed by atoms with Gasteiger partial charge in [0.05, 0.1) is 13.7 Å². The van der Waals surface area contributed by atoms with Crippen molar-refractivity contribution in [3.05, 3.63) is 59.7 Å². The number of halogens is 3. The van der Waals surface area contributed by atoms with Gasteiger partial charge in [-0.05, 0) is 24.1 Å². The third kappa shape index (κ3) is 6.40. The number of amides is 2. The maximum atomic E-state index is 12.5. The fourth-order valence-corrected chi connectivity index (χ4v) is 2.53. The molecule has 0 atom stereocenters. The SMILES string of the molecule is COc1ccccc1CCNC(=O)N(C)Cc1ccccc1OC(F)(F)F. The first-order valence-corrected chi connectivity index (χ1v) is 8.24. The summed E-state index contributed by atoms with van der Waals surface area (Å²) in [5.41, 5.74) is 1.21. The van der Waals surface area contributed by atoms with Gasteiger partial charge in [0.1, 0.15) is 11.5 Å². The number of urea groups is 1. The topological polar surface area (TPSA) is 50.8 Å². The van der Waals surface area contributed by atoms with Crippen LogP contribution in [0.2, 0.25) is 0 Å². The number of carbonyl (C=O) groups is 1. The van der Waals surface area contributed by atoms with Crippen LogP contribution >= 0.6 is 0 Å². The maximum absolute atomic E-state index is 12.5. The van der Waals surface area contributed by atoms with E-state index in [0.717, 1.165) is 11.3 Å². The molecule has 8 heteroatoms. The highest BCUT2D eigenvalue weighted by Gasteiger charge is 2.32. The van der Waals surface area contributed by atoms with Crippen molar-refractivity contribution in [2.75, 3.05) is 20.7 Å². The zero-order chi connectivity index (χ0) is 19.9. The van der Waals surface area contributed by atoms with Crippen LogP contribution in [0.4, 0.5) is 18.0 Å². The number of hydrogen-bond donors (Lipinski definition) is 1. The summed E-state index contributed by atoms with van der Waals surface area (Å²) in [7, 11) is 3.08. The van der Waals surface area contributed by atoms with Crippen molar-refractivity contribution in [1.29, 1.82) is 0 Å². The van der Waals surface area contributed by atoms with E-state index >= 15 is 0 Å². The molecule has 0 heterocycles. The summed E-state index contributed by atoms with van der Waals surface area (Å²) in [6.07, 6.45) is -4.22. The molecular weight excluding hydrogens is 361 g/mol. The number of hydrogen-bond acceptors (Lipinski definition) is 3. The molecule has 0 bridgehead atoms. The van der Waals surface area contributed by atoms with Gasteiger partial charge in [0.2, 0.25) is 0 Å². The molecule has 0 fully saturated rings. The van der Waals surface area contributed by atoms with E-state index in [1.54, 1.807) is 13.2 Å². The number of alkyl halides is 3. The number of benzene rings is 2. The summed E-state index contributed by atoms with van der Waals surface area (Å²) in [6, 6.07) is 12.8. The average Bonchev–Trinajstić information content (AvgIpc) is 2.62. The van der Waals surface area contributed by atoms with E-state index in [9.17, 15) is 18.0 Å². The van der Waals surface area contributed by atoms with Gasteiger partial charge in [-0.3, -0.25) is 0 Å². The summed E-state index contributed by atoms with van der Waals surface area (Å²) in [5, 5.41) is 2.74. The van der Waals surface area contributed by atoms with E-state index in [-0.39, 0.29) is 17.9 Å². The summed E-state index contributed by atoms with van der Waals surface area (Å²) >= 11 is 0. The van der Waals surface area contributed by atoms with Gasteiger partial charge < -0.3 is 19.7 Å². The molecular formula is C19H21F3N2O3. The maximum Gasteiger partial charge on any atom is 0.573 e. The third-order valence-electron chi connectivity index (χ3n) is 3.82. The molecule has 146 valence electrons. The Hall–Kier alpha value is -2.90. The fraction of sp³-hybridized carbons (Fsp3) is 0.316. The van der Waals surface area contributed by atoms with Crippen LogP contribution in [0.15, 0.2) is 48.5 Å². The normalized spacial score (nSPS) is 11.0. The van der Waals surface area contributed by atoms with Crippen LogP contribution in [-0.4, -0.2) is 38.0 Å². The molecule has 0 saturated heterocycles. The number of methoxy groups -OCH3 is 1. The zero-order valence-electron chi connectivity index (χ0n) is 15.0. The van der Waals surface area contributed by atoms with Crippen molar-refractivity contribution in [3.8, 4) is 11.5 Å². The smallest absolute Gasteiger partial charge is 0.496 e. The first-order valence-electron chi connectivity index (χ1n) is 8.24. The fourth-order valence-electron chi connectivity index (χ4n) is 2.53.